The second-order valence-corrected chi connectivity index (χ2v) is 6.60. The highest BCUT2D eigenvalue weighted by atomic mass is 127. The monoisotopic (exact) mass is 441 g/mol. The lowest BCUT2D eigenvalue weighted by Gasteiger charge is -2.28. The van der Waals surface area contributed by atoms with Crippen molar-refractivity contribution in [2.75, 3.05) is 7.05 Å². The van der Waals surface area contributed by atoms with Crippen molar-refractivity contribution in [3.63, 3.8) is 0 Å². The smallest absolute Gasteiger partial charge is 0.191 e. The Balaban J connectivity index is 0.00000208. The van der Waals surface area contributed by atoms with Crippen LogP contribution in [-0.4, -0.2) is 28.6 Å². The van der Waals surface area contributed by atoms with E-state index in [9.17, 15) is 0 Å². The number of halogens is 1. The van der Waals surface area contributed by atoms with Crippen molar-refractivity contribution in [2.24, 2.45) is 18.0 Å². The van der Waals surface area contributed by atoms with Crippen LogP contribution < -0.4 is 10.6 Å². The maximum absolute atomic E-state index is 4.69. The standard InChI is InChI=1S/C18H27N5.HI/c1-13-8-10-14(11-9-13)21-18(19-2)20-12-17-22-15-6-4-5-7-16(15)23(17)3;/h4-7,13-14H,8-12H2,1-3H3,(H2,19,20,21);1H. The molecule has 5 nitrogen and oxygen atoms in total. The first-order valence-corrected chi connectivity index (χ1v) is 8.55. The second-order valence-electron chi connectivity index (χ2n) is 6.60. The molecule has 0 unspecified atom stereocenters. The van der Waals surface area contributed by atoms with Gasteiger partial charge in [0.05, 0.1) is 17.6 Å². The quantitative estimate of drug-likeness (QED) is 0.436. The molecule has 0 spiro atoms. The molecule has 0 saturated heterocycles. The lowest BCUT2D eigenvalue weighted by Crippen LogP contribution is -2.44. The van der Waals surface area contributed by atoms with Gasteiger partial charge in [-0.2, -0.15) is 0 Å². The lowest BCUT2D eigenvalue weighted by molar-refractivity contribution is 0.329. The number of rotatable bonds is 3. The Morgan fingerprint density at radius 2 is 1.96 bits per heavy atom. The van der Waals surface area contributed by atoms with E-state index >= 15 is 0 Å². The zero-order valence-corrected chi connectivity index (χ0v) is 17.1. The van der Waals surface area contributed by atoms with Crippen LogP contribution in [0.2, 0.25) is 0 Å². The molecule has 3 rings (SSSR count). The number of imidazole rings is 1. The van der Waals surface area contributed by atoms with Gasteiger partial charge in [-0.15, -0.1) is 24.0 Å². The lowest BCUT2D eigenvalue weighted by atomic mass is 9.87. The second kappa shape index (κ2) is 8.69. The van der Waals surface area contributed by atoms with E-state index in [1.165, 1.54) is 25.7 Å². The summed E-state index contributed by atoms with van der Waals surface area (Å²) >= 11 is 0. The van der Waals surface area contributed by atoms with Gasteiger partial charge in [0.25, 0.3) is 0 Å². The summed E-state index contributed by atoms with van der Waals surface area (Å²) in [6.45, 7) is 3.02. The van der Waals surface area contributed by atoms with Crippen LogP contribution in [-0.2, 0) is 13.6 Å². The van der Waals surface area contributed by atoms with E-state index in [1.807, 2.05) is 19.2 Å². The predicted molar refractivity (Wildman–Crippen MR) is 111 cm³/mol. The molecule has 132 valence electrons. The van der Waals surface area contributed by atoms with E-state index in [0.29, 0.717) is 12.6 Å². The van der Waals surface area contributed by atoms with Crippen LogP contribution in [0.25, 0.3) is 11.0 Å². The van der Waals surface area contributed by atoms with Crippen LogP contribution in [0.15, 0.2) is 29.3 Å². The highest BCUT2D eigenvalue weighted by Gasteiger charge is 2.19. The number of benzene rings is 1. The third-order valence-electron chi connectivity index (χ3n) is 4.87. The number of hydrogen-bond donors (Lipinski definition) is 2. The van der Waals surface area contributed by atoms with Crippen LogP contribution in [0, 0.1) is 5.92 Å². The molecule has 1 fully saturated rings. The van der Waals surface area contributed by atoms with E-state index in [4.69, 9.17) is 4.98 Å². The normalized spacial score (nSPS) is 21.4. The number of nitrogens with one attached hydrogen (secondary N) is 2. The molecule has 1 aromatic carbocycles. The summed E-state index contributed by atoms with van der Waals surface area (Å²) in [5.74, 6) is 2.76. The number of fused-ring (bicyclic) bond motifs is 1. The summed E-state index contributed by atoms with van der Waals surface area (Å²) in [5, 5.41) is 6.95. The van der Waals surface area contributed by atoms with Crippen molar-refractivity contribution < 1.29 is 0 Å². The molecule has 0 radical (unpaired) electrons. The first-order valence-electron chi connectivity index (χ1n) is 8.55. The number of hydrogen-bond acceptors (Lipinski definition) is 2. The molecule has 0 atom stereocenters. The molecule has 1 heterocycles. The molecule has 0 bridgehead atoms. The van der Waals surface area contributed by atoms with Crippen LogP contribution in [0.5, 0.6) is 0 Å². The largest absolute Gasteiger partial charge is 0.354 e. The summed E-state index contributed by atoms with van der Waals surface area (Å²) in [5.41, 5.74) is 2.20. The summed E-state index contributed by atoms with van der Waals surface area (Å²) in [6, 6.07) is 8.76. The SMILES string of the molecule is CN=C(NCc1nc2ccccc2n1C)NC1CCC(C)CC1.I. The van der Waals surface area contributed by atoms with Crippen molar-refractivity contribution in [1.82, 2.24) is 20.2 Å². The minimum atomic E-state index is 0. The van der Waals surface area contributed by atoms with Gasteiger partial charge in [-0.25, -0.2) is 4.98 Å². The third-order valence-corrected chi connectivity index (χ3v) is 4.87. The Kier molecular flexibility index (Phi) is 6.89. The number of aliphatic imine (C=N–C) groups is 1. The molecule has 24 heavy (non-hydrogen) atoms. The highest BCUT2D eigenvalue weighted by Crippen LogP contribution is 2.23. The molecule has 2 aromatic rings. The summed E-state index contributed by atoms with van der Waals surface area (Å²) in [6.07, 6.45) is 5.07. The van der Waals surface area contributed by atoms with Crippen LogP contribution in [0.4, 0.5) is 0 Å². The molecule has 1 aliphatic rings. The van der Waals surface area contributed by atoms with Crippen LogP contribution >= 0.6 is 24.0 Å². The van der Waals surface area contributed by atoms with Gasteiger partial charge in [0, 0.05) is 20.1 Å². The van der Waals surface area contributed by atoms with Crippen molar-refractivity contribution in [1.29, 1.82) is 0 Å². The molecular formula is C18H28IN5. The third kappa shape index (κ3) is 4.40. The number of para-hydroxylation sites is 2. The van der Waals surface area contributed by atoms with E-state index < -0.39 is 0 Å². The van der Waals surface area contributed by atoms with Crippen molar-refractivity contribution >= 4 is 41.0 Å². The highest BCUT2D eigenvalue weighted by molar-refractivity contribution is 14.0. The van der Waals surface area contributed by atoms with Gasteiger partial charge in [-0.3, -0.25) is 4.99 Å². The number of aromatic nitrogens is 2. The van der Waals surface area contributed by atoms with Crippen molar-refractivity contribution in [2.45, 2.75) is 45.2 Å². The Bertz CT molecular complexity index is 686. The fraction of sp³-hybridized carbons (Fsp3) is 0.556. The number of nitrogens with zero attached hydrogens (tertiary/aromatic N) is 3. The molecule has 6 heteroatoms. The van der Waals surface area contributed by atoms with Gasteiger partial charge in [0.1, 0.15) is 5.82 Å². The fourth-order valence-electron chi connectivity index (χ4n) is 3.31. The van der Waals surface area contributed by atoms with Gasteiger partial charge in [-0.05, 0) is 43.7 Å². The van der Waals surface area contributed by atoms with Crippen molar-refractivity contribution in [3.05, 3.63) is 30.1 Å². The molecule has 1 saturated carbocycles. The average molecular weight is 441 g/mol. The average Bonchev–Trinajstić information content (AvgIpc) is 2.90. The van der Waals surface area contributed by atoms with Crippen molar-refractivity contribution in [3.8, 4) is 0 Å². The minimum Gasteiger partial charge on any atom is -0.354 e. The molecule has 0 amide bonds. The predicted octanol–water partition coefficient (Wildman–Crippen LogP) is 3.44. The molecule has 0 aliphatic heterocycles. The van der Waals surface area contributed by atoms with Gasteiger partial charge in [-0.1, -0.05) is 19.1 Å². The first-order chi connectivity index (χ1) is 11.2. The summed E-state index contributed by atoms with van der Waals surface area (Å²) in [7, 11) is 3.89. The number of guanidine groups is 1. The van der Waals surface area contributed by atoms with E-state index in [0.717, 1.165) is 28.7 Å². The Morgan fingerprint density at radius 3 is 2.62 bits per heavy atom. The molecular weight excluding hydrogens is 413 g/mol. The van der Waals surface area contributed by atoms with Crippen LogP contribution in [0.3, 0.4) is 0 Å². The van der Waals surface area contributed by atoms with Gasteiger partial charge >= 0.3 is 0 Å². The van der Waals surface area contributed by atoms with Gasteiger partial charge in [0.15, 0.2) is 5.96 Å². The maximum atomic E-state index is 4.69. The Morgan fingerprint density at radius 1 is 1.25 bits per heavy atom. The van der Waals surface area contributed by atoms with Crippen LogP contribution in [0.1, 0.15) is 38.4 Å². The topological polar surface area (TPSA) is 54.2 Å². The first kappa shape index (κ1) is 19.0. The number of aryl methyl sites for hydroxylation is 1. The maximum Gasteiger partial charge on any atom is 0.191 e. The molecule has 1 aromatic heterocycles. The fourth-order valence-corrected chi connectivity index (χ4v) is 3.31. The van der Waals surface area contributed by atoms with E-state index in [-0.39, 0.29) is 24.0 Å². The van der Waals surface area contributed by atoms with E-state index in [2.05, 4.69) is 46.3 Å². The van der Waals surface area contributed by atoms with Gasteiger partial charge in [0.2, 0.25) is 0 Å². The Hall–Kier alpha value is -1.31. The Labute approximate surface area is 161 Å². The van der Waals surface area contributed by atoms with Gasteiger partial charge < -0.3 is 15.2 Å². The summed E-state index contributed by atoms with van der Waals surface area (Å²) in [4.78, 5) is 9.05. The molecule has 2 N–H and O–H groups in total. The zero-order chi connectivity index (χ0) is 16.2. The zero-order valence-electron chi connectivity index (χ0n) is 14.7. The summed E-state index contributed by atoms with van der Waals surface area (Å²) < 4.78 is 2.14. The molecule has 1 aliphatic carbocycles. The minimum absolute atomic E-state index is 0. The van der Waals surface area contributed by atoms with E-state index in [1.54, 1.807) is 0 Å².